The van der Waals surface area contributed by atoms with Crippen LogP contribution in [0.3, 0.4) is 0 Å². The van der Waals surface area contributed by atoms with Crippen LogP contribution in [-0.2, 0) is 12.8 Å². The molecule has 0 saturated carbocycles. The van der Waals surface area contributed by atoms with E-state index in [9.17, 15) is 0 Å². The summed E-state index contributed by atoms with van der Waals surface area (Å²) in [7, 11) is 1.70. The topological polar surface area (TPSA) is 59.1 Å². The summed E-state index contributed by atoms with van der Waals surface area (Å²) in [5.74, 6) is 3.28. The number of nitrogens with one attached hydrogen (secondary N) is 2. The van der Waals surface area contributed by atoms with Gasteiger partial charge in [0.2, 0.25) is 0 Å². The van der Waals surface area contributed by atoms with Crippen molar-refractivity contribution < 1.29 is 4.74 Å². The van der Waals surface area contributed by atoms with Crippen LogP contribution in [0.5, 0.6) is 5.75 Å². The fourth-order valence-electron chi connectivity index (χ4n) is 2.97. The summed E-state index contributed by atoms with van der Waals surface area (Å²) >= 11 is 5.93. The van der Waals surface area contributed by atoms with Gasteiger partial charge in [0.05, 0.1) is 7.11 Å². The predicted octanol–water partition coefficient (Wildman–Crippen LogP) is 4.76. The maximum atomic E-state index is 5.93. The van der Waals surface area contributed by atoms with E-state index in [1.165, 1.54) is 11.1 Å². The van der Waals surface area contributed by atoms with E-state index < -0.39 is 0 Å². The summed E-state index contributed by atoms with van der Waals surface area (Å²) in [6, 6.07) is 17.9. The van der Waals surface area contributed by atoms with Crippen molar-refractivity contribution in [2.24, 2.45) is 0 Å². The Labute approximate surface area is 171 Å². The summed E-state index contributed by atoms with van der Waals surface area (Å²) in [5.41, 5.74) is 2.41. The van der Waals surface area contributed by atoms with Crippen LogP contribution in [0.25, 0.3) is 0 Å². The minimum Gasteiger partial charge on any atom is -0.496 e. The second kappa shape index (κ2) is 9.95. The molecule has 0 atom stereocenters. The lowest BCUT2D eigenvalue weighted by molar-refractivity contribution is 0.410. The Morgan fingerprint density at radius 3 is 2.21 bits per heavy atom. The van der Waals surface area contributed by atoms with Crippen molar-refractivity contribution in [1.29, 1.82) is 0 Å². The maximum Gasteiger partial charge on any atom is 0.131 e. The summed E-state index contributed by atoms with van der Waals surface area (Å²) in [6.45, 7) is 3.45. The highest BCUT2D eigenvalue weighted by Gasteiger charge is 2.04. The van der Waals surface area contributed by atoms with Crippen molar-refractivity contribution in [2.45, 2.75) is 19.8 Å². The molecule has 6 heteroatoms. The van der Waals surface area contributed by atoms with Gasteiger partial charge in [-0.1, -0.05) is 41.9 Å². The number of rotatable bonds is 9. The van der Waals surface area contributed by atoms with Crippen LogP contribution in [0.1, 0.15) is 17.0 Å². The van der Waals surface area contributed by atoms with Gasteiger partial charge in [0, 0.05) is 24.2 Å². The number of methoxy groups -OCH3 is 1. The second-order valence-electron chi connectivity index (χ2n) is 6.48. The molecule has 0 saturated heterocycles. The molecule has 0 aliphatic heterocycles. The zero-order valence-electron chi connectivity index (χ0n) is 16.2. The number of aromatic nitrogens is 2. The number of ether oxygens (including phenoxy) is 1. The third-order valence-corrected chi connectivity index (χ3v) is 4.62. The Bertz CT molecular complexity index is 899. The Hall–Kier alpha value is -2.79. The summed E-state index contributed by atoms with van der Waals surface area (Å²) in [4.78, 5) is 8.94. The molecule has 0 fully saturated rings. The molecule has 28 heavy (non-hydrogen) atoms. The van der Waals surface area contributed by atoms with Crippen molar-refractivity contribution in [3.63, 3.8) is 0 Å². The molecule has 1 aromatic heterocycles. The molecule has 0 aliphatic carbocycles. The predicted molar refractivity (Wildman–Crippen MR) is 116 cm³/mol. The SMILES string of the molecule is COc1ccccc1CCNc1cc(NCCc2ccc(Cl)cc2)nc(C)n1. The van der Waals surface area contributed by atoms with E-state index in [0.29, 0.717) is 0 Å². The van der Waals surface area contributed by atoms with Gasteiger partial charge in [-0.25, -0.2) is 9.97 Å². The Morgan fingerprint density at radius 2 is 1.54 bits per heavy atom. The largest absolute Gasteiger partial charge is 0.496 e. The van der Waals surface area contributed by atoms with E-state index in [1.807, 2.05) is 55.5 Å². The minimum absolute atomic E-state index is 0.733. The molecule has 0 bridgehead atoms. The first-order chi connectivity index (χ1) is 13.6. The second-order valence-corrected chi connectivity index (χ2v) is 6.91. The monoisotopic (exact) mass is 396 g/mol. The first-order valence-electron chi connectivity index (χ1n) is 9.34. The van der Waals surface area contributed by atoms with Crippen LogP contribution < -0.4 is 15.4 Å². The van der Waals surface area contributed by atoms with Crippen LogP contribution in [0.4, 0.5) is 11.6 Å². The zero-order valence-corrected chi connectivity index (χ0v) is 17.0. The number of hydrogen-bond acceptors (Lipinski definition) is 5. The van der Waals surface area contributed by atoms with Gasteiger partial charge in [-0.3, -0.25) is 0 Å². The molecule has 2 N–H and O–H groups in total. The molecule has 3 rings (SSSR count). The number of hydrogen-bond donors (Lipinski definition) is 2. The normalized spacial score (nSPS) is 10.5. The third kappa shape index (κ3) is 5.86. The van der Waals surface area contributed by atoms with Gasteiger partial charge >= 0.3 is 0 Å². The van der Waals surface area contributed by atoms with E-state index >= 15 is 0 Å². The van der Waals surface area contributed by atoms with Gasteiger partial charge in [-0.2, -0.15) is 0 Å². The van der Waals surface area contributed by atoms with Crippen LogP contribution in [0, 0.1) is 6.92 Å². The Balaban J connectivity index is 1.53. The van der Waals surface area contributed by atoms with Gasteiger partial charge in [0.25, 0.3) is 0 Å². The molecule has 0 unspecified atom stereocenters. The van der Waals surface area contributed by atoms with E-state index in [4.69, 9.17) is 16.3 Å². The lowest BCUT2D eigenvalue weighted by Crippen LogP contribution is -2.11. The van der Waals surface area contributed by atoms with Crippen LogP contribution in [-0.4, -0.2) is 30.2 Å². The molecule has 0 aliphatic rings. The molecular weight excluding hydrogens is 372 g/mol. The summed E-state index contributed by atoms with van der Waals surface area (Å²) < 4.78 is 5.40. The van der Waals surface area contributed by atoms with Crippen molar-refractivity contribution in [2.75, 3.05) is 30.8 Å². The van der Waals surface area contributed by atoms with Crippen molar-refractivity contribution in [3.8, 4) is 5.75 Å². The average Bonchev–Trinajstić information content (AvgIpc) is 2.69. The van der Waals surface area contributed by atoms with Crippen molar-refractivity contribution in [3.05, 3.63) is 76.6 Å². The van der Waals surface area contributed by atoms with Crippen molar-refractivity contribution in [1.82, 2.24) is 9.97 Å². The fourth-order valence-corrected chi connectivity index (χ4v) is 3.10. The lowest BCUT2D eigenvalue weighted by Gasteiger charge is -2.11. The van der Waals surface area contributed by atoms with Crippen molar-refractivity contribution >= 4 is 23.2 Å². The first kappa shape index (κ1) is 20.0. The smallest absolute Gasteiger partial charge is 0.131 e. The van der Waals surface area contributed by atoms with Gasteiger partial charge in [-0.05, 0) is 49.1 Å². The quantitative estimate of drug-likeness (QED) is 0.546. The molecule has 146 valence electrons. The molecule has 5 nitrogen and oxygen atoms in total. The number of benzene rings is 2. The fraction of sp³-hybridized carbons (Fsp3) is 0.273. The minimum atomic E-state index is 0.733. The van der Waals surface area contributed by atoms with Crippen LogP contribution in [0.15, 0.2) is 54.6 Å². The molecule has 0 spiro atoms. The van der Waals surface area contributed by atoms with E-state index in [1.54, 1.807) is 7.11 Å². The molecular formula is C22H25ClN4O. The number of aryl methyl sites for hydroxylation is 1. The van der Waals surface area contributed by atoms with Gasteiger partial charge in [-0.15, -0.1) is 0 Å². The lowest BCUT2D eigenvalue weighted by atomic mass is 10.1. The summed E-state index contributed by atoms with van der Waals surface area (Å²) in [5, 5.41) is 7.51. The number of para-hydroxylation sites is 1. The molecule has 0 amide bonds. The van der Waals surface area contributed by atoms with Gasteiger partial charge in [0.1, 0.15) is 23.2 Å². The summed E-state index contributed by atoms with van der Waals surface area (Å²) in [6.07, 6.45) is 1.75. The molecule has 0 radical (unpaired) electrons. The zero-order chi connectivity index (χ0) is 19.8. The molecule has 1 heterocycles. The van der Waals surface area contributed by atoms with E-state index in [2.05, 4.69) is 26.7 Å². The number of nitrogens with zero attached hydrogens (tertiary/aromatic N) is 2. The Morgan fingerprint density at radius 1 is 0.893 bits per heavy atom. The molecule has 3 aromatic rings. The van der Waals surface area contributed by atoms with Crippen LogP contribution in [0.2, 0.25) is 5.02 Å². The average molecular weight is 397 g/mol. The van der Waals surface area contributed by atoms with Gasteiger partial charge < -0.3 is 15.4 Å². The Kier molecular flexibility index (Phi) is 7.09. The highest BCUT2D eigenvalue weighted by molar-refractivity contribution is 6.30. The van der Waals surface area contributed by atoms with E-state index in [-0.39, 0.29) is 0 Å². The number of anilines is 2. The number of halogens is 1. The highest BCUT2D eigenvalue weighted by atomic mass is 35.5. The highest BCUT2D eigenvalue weighted by Crippen LogP contribution is 2.18. The third-order valence-electron chi connectivity index (χ3n) is 4.36. The maximum absolute atomic E-state index is 5.93. The van der Waals surface area contributed by atoms with Gasteiger partial charge in [0.15, 0.2) is 0 Å². The van der Waals surface area contributed by atoms with Crippen LogP contribution >= 0.6 is 11.6 Å². The standard InChI is InChI=1S/C22H25ClN4O/c1-16-26-21(24-13-11-17-7-9-19(23)10-8-17)15-22(27-16)25-14-12-18-5-3-4-6-20(18)28-2/h3-10,15H,11-14H2,1-2H3,(H2,24,25,26,27). The van der Waals surface area contributed by atoms with E-state index in [0.717, 1.165) is 54.2 Å². The molecule has 2 aromatic carbocycles. The first-order valence-corrected chi connectivity index (χ1v) is 9.71.